The monoisotopic (exact) mass is 280 g/mol. The van der Waals surface area contributed by atoms with Gasteiger partial charge in [0.25, 0.3) is 0 Å². The van der Waals surface area contributed by atoms with Crippen molar-refractivity contribution in [3.8, 4) is 0 Å². The van der Waals surface area contributed by atoms with Gasteiger partial charge in [-0.1, -0.05) is 0 Å². The van der Waals surface area contributed by atoms with Crippen LogP contribution in [-0.4, -0.2) is 42.1 Å². The van der Waals surface area contributed by atoms with Gasteiger partial charge in [-0.2, -0.15) is 11.8 Å². The molecular formula is C15H24N2OS. The molecule has 0 aliphatic carbocycles. The Morgan fingerprint density at radius 3 is 2.79 bits per heavy atom. The second-order valence-electron chi connectivity index (χ2n) is 5.57. The number of hydrogen-bond acceptors (Lipinski definition) is 4. The lowest BCUT2D eigenvalue weighted by Gasteiger charge is -2.29. The molecule has 0 radical (unpaired) electrons. The van der Waals surface area contributed by atoms with E-state index in [0.717, 1.165) is 12.3 Å². The van der Waals surface area contributed by atoms with Gasteiger partial charge in [-0.15, -0.1) is 0 Å². The van der Waals surface area contributed by atoms with Crippen LogP contribution in [0.25, 0.3) is 0 Å². The van der Waals surface area contributed by atoms with Gasteiger partial charge in [0, 0.05) is 12.6 Å². The molecule has 19 heavy (non-hydrogen) atoms. The van der Waals surface area contributed by atoms with Crippen LogP contribution in [0.5, 0.6) is 0 Å². The molecule has 4 heteroatoms. The fourth-order valence-corrected chi connectivity index (χ4v) is 4.23. The van der Waals surface area contributed by atoms with E-state index in [4.69, 9.17) is 4.42 Å². The number of rotatable bonds is 5. The van der Waals surface area contributed by atoms with Crippen LogP contribution in [0.4, 0.5) is 0 Å². The number of nitrogens with zero attached hydrogens (tertiary/aromatic N) is 1. The van der Waals surface area contributed by atoms with Crippen molar-refractivity contribution >= 4 is 11.8 Å². The van der Waals surface area contributed by atoms with E-state index in [1.165, 1.54) is 50.3 Å². The predicted octanol–water partition coefficient (Wildman–Crippen LogP) is 2.90. The van der Waals surface area contributed by atoms with Gasteiger partial charge in [0.1, 0.15) is 5.76 Å². The minimum atomic E-state index is 0.423. The smallest absolute Gasteiger partial charge is 0.122 e. The van der Waals surface area contributed by atoms with Crippen molar-refractivity contribution in [2.75, 3.05) is 31.1 Å². The van der Waals surface area contributed by atoms with Gasteiger partial charge < -0.3 is 9.73 Å². The highest BCUT2D eigenvalue weighted by Crippen LogP contribution is 2.25. The highest BCUT2D eigenvalue weighted by Gasteiger charge is 2.26. The third-order valence-electron chi connectivity index (χ3n) is 4.27. The van der Waals surface area contributed by atoms with Gasteiger partial charge in [-0.05, 0) is 62.4 Å². The third-order valence-corrected chi connectivity index (χ3v) is 5.32. The summed E-state index contributed by atoms with van der Waals surface area (Å²) in [6, 6.07) is 5.27. The summed E-state index contributed by atoms with van der Waals surface area (Å²) in [7, 11) is 0. The summed E-state index contributed by atoms with van der Waals surface area (Å²) in [5.41, 5.74) is 0. The molecule has 2 aliphatic heterocycles. The van der Waals surface area contributed by atoms with Crippen molar-refractivity contribution in [2.45, 2.75) is 37.8 Å². The van der Waals surface area contributed by atoms with E-state index in [-0.39, 0.29) is 0 Å². The average molecular weight is 280 g/mol. The van der Waals surface area contributed by atoms with E-state index < -0.39 is 0 Å². The molecule has 1 unspecified atom stereocenters. The molecule has 106 valence electrons. The van der Waals surface area contributed by atoms with Crippen molar-refractivity contribution in [2.24, 2.45) is 0 Å². The lowest BCUT2D eigenvalue weighted by atomic mass is 10.1. The Morgan fingerprint density at radius 1 is 1.32 bits per heavy atom. The van der Waals surface area contributed by atoms with Gasteiger partial charge in [0.2, 0.25) is 0 Å². The first-order valence-corrected chi connectivity index (χ1v) is 8.67. The van der Waals surface area contributed by atoms with Crippen LogP contribution in [0.3, 0.4) is 0 Å². The zero-order chi connectivity index (χ0) is 12.9. The standard InChI is InChI=1S/C15H24N2OS/c1-2-8-17(7-1)14(15-4-3-9-18-15)12-16-13-5-10-19-11-6-13/h3-4,9,13-14,16H,1-2,5-8,10-12H2. The van der Waals surface area contributed by atoms with Gasteiger partial charge >= 0.3 is 0 Å². The third kappa shape index (κ3) is 3.56. The Balaban J connectivity index is 1.58. The van der Waals surface area contributed by atoms with E-state index in [2.05, 4.69) is 28.0 Å². The summed E-state index contributed by atoms with van der Waals surface area (Å²) in [6.07, 6.45) is 7.09. The minimum Gasteiger partial charge on any atom is -0.468 e. The van der Waals surface area contributed by atoms with Crippen molar-refractivity contribution in [1.82, 2.24) is 10.2 Å². The number of thioether (sulfide) groups is 1. The highest BCUT2D eigenvalue weighted by molar-refractivity contribution is 7.99. The Kier molecular flexibility index (Phi) is 4.86. The number of hydrogen-bond donors (Lipinski definition) is 1. The molecular weight excluding hydrogens is 256 g/mol. The second kappa shape index (κ2) is 6.82. The summed E-state index contributed by atoms with van der Waals surface area (Å²) in [5.74, 6) is 3.75. The number of nitrogens with one attached hydrogen (secondary N) is 1. The zero-order valence-corrected chi connectivity index (χ0v) is 12.3. The maximum absolute atomic E-state index is 5.66. The molecule has 0 aromatic carbocycles. The first kappa shape index (κ1) is 13.5. The summed E-state index contributed by atoms with van der Waals surface area (Å²) >= 11 is 2.09. The Hall–Kier alpha value is -0.450. The molecule has 0 saturated carbocycles. The van der Waals surface area contributed by atoms with E-state index in [0.29, 0.717) is 12.1 Å². The van der Waals surface area contributed by atoms with Crippen molar-refractivity contribution in [1.29, 1.82) is 0 Å². The zero-order valence-electron chi connectivity index (χ0n) is 11.5. The number of furan rings is 1. The van der Waals surface area contributed by atoms with Gasteiger partial charge in [-0.25, -0.2) is 0 Å². The highest BCUT2D eigenvalue weighted by atomic mass is 32.2. The summed E-state index contributed by atoms with van der Waals surface area (Å²) in [6.45, 7) is 3.46. The molecule has 3 rings (SSSR count). The molecule has 2 saturated heterocycles. The Morgan fingerprint density at radius 2 is 2.11 bits per heavy atom. The van der Waals surface area contributed by atoms with E-state index >= 15 is 0 Å². The van der Waals surface area contributed by atoms with Gasteiger partial charge in [-0.3, -0.25) is 4.90 Å². The maximum atomic E-state index is 5.66. The largest absolute Gasteiger partial charge is 0.468 e. The SMILES string of the molecule is c1coc(C(CNC2CCSCC2)N2CCCC2)c1. The summed E-state index contributed by atoms with van der Waals surface area (Å²) in [5, 5.41) is 3.77. The number of likely N-dealkylation sites (tertiary alicyclic amines) is 1. The van der Waals surface area contributed by atoms with Crippen LogP contribution in [-0.2, 0) is 0 Å². The second-order valence-corrected chi connectivity index (χ2v) is 6.79. The molecule has 2 aliphatic rings. The minimum absolute atomic E-state index is 0.423. The van der Waals surface area contributed by atoms with Crippen molar-refractivity contribution in [3.63, 3.8) is 0 Å². The predicted molar refractivity (Wildman–Crippen MR) is 80.6 cm³/mol. The van der Waals surface area contributed by atoms with E-state index in [1.807, 2.05) is 6.07 Å². The lowest BCUT2D eigenvalue weighted by Crippen LogP contribution is -2.40. The molecule has 1 N–H and O–H groups in total. The van der Waals surface area contributed by atoms with Crippen LogP contribution in [0.2, 0.25) is 0 Å². The fraction of sp³-hybridized carbons (Fsp3) is 0.733. The molecule has 2 fully saturated rings. The van der Waals surface area contributed by atoms with Crippen molar-refractivity contribution in [3.05, 3.63) is 24.2 Å². The van der Waals surface area contributed by atoms with Crippen LogP contribution in [0.15, 0.2) is 22.8 Å². The summed E-state index contributed by atoms with van der Waals surface area (Å²) < 4.78 is 5.66. The molecule has 1 atom stereocenters. The van der Waals surface area contributed by atoms with Crippen LogP contribution < -0.4 is 5.32 Å². The average Bonchev–Trinajstić information content (AvgIpc) is 3.13. The van der Waals surface area contributed by atoms with Gasteiger partial charge in [0.05, 0.1) is 12.3 Å². The molecule has 0 spiro atoms. The van der Waals surface area contributed by atoms with Crippen LogP contribution in [0, 0.1) is 0 Å². The maximum Gasteiger partial charge on any atom is 0.122 e. The van der Waals surface area contributed by atoms with E-state index in [1.54, 1.807) is 6.26 Å². The first-order chi connectivity index (χ1) is 9.43. The Bertz CT molecular complexity index is 356. The molecule has 0 amide bonds. The quantitative estimate of drug-likeness (QED) is 0.898. The molecule has 0 bridgehead atoms. The Labute approximate surface area is 120 Å². The van der Waals surface area contributed by atoms with E-state index in [9.17, 15) is 0 Å². The molecule has 3 heterocycles. The molecule has 3 nitrogen and oxygen atoms in total. The topological polar surface area (TPSA) is 28.4 Å². The molecule has 1 aromatic heterocycles. The van der Waals surface area contributed by atoms with Gasteiger partial charge in [0.15, 0.2) is 0 Å². The summed E-state index contributed by atoms with van der Waals surface area (Å²) in [4.78, 5) is 2.57. The van der Waals surface area contributed by atoms with Crippen LogP contribution >= 0.6 is 11.8 Å². The molecule has 1 aromatic rings. The van der Waals surface area contributed by atoms with Crippen molar-refractivity contribution < 1.29 is 4.42 Å². The lowest BCUT2D eigenvalue weighted by molar-refractivity contribution is 0.203. The van der Waals surface area contributed by atoms with Crippen LogP contribution in [0.1, 0.15) is 37.5 Å². The normalized spacial score (nSPS) is 23.8. The first-order valence-electron chi connectivity index (χ1n) is 7.52. The fourth-order valence-electron chi connectivity index (χ4n) is 3.12.